The Morgan fingerprint density at radius 2 is 2.06 bits per heavy atom. The molecule has 0 atom stereocenters. The molecule has 0 spiro atoms. The first-order valence-electron chi connectivity index (χ1n) is 5.10. The van der Waals surface area contributed by atoms with Gasteiger partial charge in [0.2, 0.25) is 5.88 Å². The number of anilines is 1. The van der Waals surface area contributed by atoms with Crippen molar-refractivity contribution in [3.63, 3.8) is 0 Å². The van der Waals surface area contributed by atoms with Crippen LogP contribution in [-0.2, 0) is 0 Å². The van der Waals surface area contributed by atoms with E-state index in [4.69, 9.17) is 15.2 Å². The van der Waals surface area contributed by atoms with Crippen LogP contribution in [0, 0.1) is 6.92 Å². The van der Waals surface area contributed by atoms with Gasteiger partial charge < -0.3 is 15.2 Å². The molecule has 1 aromatic carbocycles. The van der Waals surface area contributed by atoms with Crippen LogP contribution < -0.4 is 15.2 Å². The molecule has 0 amide bonds. The summed E-state index contributed by atoms with van der Waals surface area (Å²) in [7, 11) is 1.54. The minimum absolute atomic E-state index is 0.244. The third-order valence-corrected chi connectivity index (χ3v) is 2.27. The molecule has 2 N–H and O–H groups in total. The molecule has 1 heterocycles. The molecule has 88 valence electrons. The Morgan fingerprint density at radius 3 is 2.76 bits per heavy atom. The van der Waals surface area contributed by atoms with Crippen molar-refractivity contribution in [1.82, 2.24) is 9.97 Å². The molecule has 0 aliphatic carbocycles. The molecular formula is C12H13N3O2. The molecule has 0 saturated carbocycles. The van der Waals surface area contributed by atoms with Gasteiger partial charge in [0, 0.05) is 18.0 Å². The van der Waals surface area contributed by atoms with Gasteiger partial charge in [-0.3, -0.25) is 0 Å². The van der Waals surface area contributed by atoms with Crippen molar-refractivity contribution in [2.24, 2.45) is 0 Å². The second kappa shape index (κ2) is 4.69. The van der Waals surface area contributed by atoms with Crippen molar-refractivity contribution in [3.8, 4) is 17.6 Å². The fourth-order valence-electron chi connectivity index (χ4n) is 1.31. The molecule has 2 aromatic rings. The second-order valence-electron chi connectivity index (χ2n) is 3.50. The lowest BCUT2D eigenvalue weighted by molar-refractivity contribution is 0.376. The molecule has 0 fully saturated rings. The van der Waals surface area contributed by atoms with Crippen molar-refractivity contribution in [2.75, 3.05) is 12.8 Å². The predicted octanol–water partition coefficient (Wildman–Crippen LogP) is 2.17. The summed E-state index contributed by atoms with van der Waals surface area (Å²) in [5.41, 5.74) is 7.40. The molecule has 0 saturated heterocycles. The minimum Gasteiger partial charge on any atom is -0.481 e. The van der Waals surface area contributed by atoms with Crippen LogP contribution in [0.25, 0.3) is 0 Å². The van der Waals surface area contributed by atoms with Gasteiger partial charge in [-0.2, -0.15) is 4.98 Å². The molecule has 0 bridgehead atoms. The van der Waals surface area contributed by atoms with Gasteiger partial charge in [0.25, 0.3) is 0 Å². The lowest BCUT2D eigenvalue weighted by atomic mass is 10.2. The first-order valence-corrected chi connectivity index (χ1v) is 5.10. The van der Waals surface area contributed by atoms with E-state index in [1.165, 1.54) is 0 Å². The van der Waals surface area contributed by atoms with Gasteiger partial charge in [-0.25, -0.2) is 4.98 Å². The van der Waals surface area contributed by atoms with Crippen molar-refractivity contribution in [2.45, 2.75) is 6.92 Å². The van der Waals surface area contributed by atoms with E-state index in [2.05, 4.69) is 9.97 Å². The molecule has 1 aromatic heterocycles. The molecule has 0 aliphatic rings. The number of hydrogen-bond acceptors (Lipinski definition) is 5. The van der Waals surface area contributed by atoms with Crippen LogP contribution >= 0.6 is 0 Å². The molecule has 5 nitrogen and oxygen atoms in total. The zero-order chi connectivity index (χ0) is 12.3. The number of hydrogen-bond donors (Lipinski definition) is 1. The summed E-state index contributed by atoms with van der Waals surface area (Å²) in [5, 5.41) is 0. The van der Waals surface area contributed by atoms with Gasteiger partial charge in [-0.1, -0.05) is 0 Å². The maximum absolute atomic E-state index is 5.72. The first-order chi connectivity index (χ1) is 8.19. The van der Waals surface area contributed by atoms with Gasteiger partial charge in [0.15, 0.2) is 0 Å². The Hall–Kier alpha value is -2.30. The Kier molecular flexibility index (Phi) is 3.09. The first kappa shape index (κ1) is 11.2. The third kappa shape index (κ3) is 2.63. The number of aryl methyl sites for hydroxylation is 1. The number of nitrogens with zero attached hydrogens (tertiary/aromatic N) is 2. The number of ether oxygens (including phenoxy) is 2. The zero-order valence-electron chi connectivity index (χ0n) is 9.68. The maximum Gasteiger partial charge on any atom is 0.325 e. The standard InChI is InChI=1S/C12H13N3O2/c1-8-7-9(3-4-10(8)13)17-12-14-6-5-11(15-12)16-2/h3-7H,13H2,1-2H3. The highest BCUT2D eigenvalue weighted by Crippen LogP contribution is 2.23. The van der Waals surface area contributed by atoms with Gasteiger partial charge in [0.1, 0.15) is 5.75 Å². The quantitative estimate of drug-likeness (QED) is 0.820. The molecular weight excluding hydrogens is 218 g/mol. The zero-order valence-corrected chi connectivity index (χ0v) is 9.68. The molecule has 0 radical (unpaired) electrons. The van der Waals surface area contributed by atoms with Crippen LogP contribution in [0.5, 0.6) is 17.6 Å². The summed E-state index contributed by atoms with van der Waals surface area (Å²) in [6, 6.07) is 7.28. The summed E-state index contributed by atoms with van der Waals surface area (Å²) < 4.78 is 10.5. The molecule has 0 aliphatic heterocycles. The predicted molar refractivity (Wildman–Crippen MR) is 64.2 cm³/mol. The number of nitrogen functional groups attached to an aromatic ring is 1. The van der Waals surface area contributed by atoms with Crippen LogP contribution in [0.15, 0.2) is 30.5 Å². The van der Waals surface area contributed by atoms with Gasteiger partial charge in [-0.05, 0) is 30.7 Å². The van der Waals surface area contributed by atoms with Crippen molar-refractivity contribution in [1.29, 1.82) is 0 Å². The van der Waals surface area contributed by atoms with Crippen LogP contribution in [0.3, 0.4) is 0 Å². The van der Waals surface area contributed by atoms with E-state index in [1.54, 1.807) is 31.5 Å². The van der Waals surface area contributed by atoms with Gasteiger partial charge >= 0.3 is 6.01 Å². The van der Waals surface area contributed by atoms with Crippen LogP contribution in [0.1, 0.15) is 5.56 Å². The summed E-state index contributed by atoms with van der Waals surface area (Å²) >= 11 is 0. The van der Waals surface area contributed by atoms with Crippen molar-refractivity contribution in [3.05, 3.63) is 36.0 Å². The summed E-state index contributed by atoms with van der Waals surface area (Å²) in [6.45, 7) is 1.91. The fourth-order valence-corrected chi connectivity index (χ4v) is 1.31. The van der Waals surface area contributed by atoms with Crippen LogP contribution in [0.2, 0.25) is 0 Å². The lowest BCUT2D eigenvalue weighted by Crippen LogP contribution is -1.95. The summed E-state index contributed by atoms with van der Waals surface area (Å²) in [6.07, 6.45) is 1.57. The molecule has 0 unspecified atom stereocenters. The van der Waals surface area contributed by atoms with Crippen molar-refractivity contribution >= 4 is 5.69 Å². The molecule has 5 heteroatoms. The average molecular weight is 231 g/mol. The van der Waals surface area contributed by atoms with E-state index in [9.17, 15) is 0 Å². The summed E-state index contributed by atoms with van der Waals surface area (Å²) in [5.74, 6) is 1.10. The van der Waals surface area contributed by atoms with E-state index in [0.717, 1.165) is 11.3 Å². The Morgan fingerprint density at radius 1 is 1.24 bits per heavy atom. The highest BCUT2D eigenvalue weighted by molar-refractivity contribution is 5.49. The maximum atomic E-state index is 5.72. The number of rotatable bonds is 3. The molecule has 17 heavy (non-hydrogen) atoms. The fraction of sp³-hybridized carbons (Fsp3) is 0.167. The monoisotopic (exact) mass is 231 g/mol. The highest BCUT2D eigenvalue weighted by Gasteiger charge is 2.03. The number of aromatic nitrogens is 2. The normalized spacial score (nSPS) is 10.0. The minimum atomic E-state index is 0.244. The SMILES string of the molecule is COc1ccnc(Oc2ccc(N)c(C)c2)n1. The smallest absolute Gasteiger partial charge is 0.325 e. The largest absolute Gasteiger partial charge is 0.481 e. The Balaban J connectivity index is 2.22. The van der Waals surface area contributed by atoms with Gasteiger partial charge in [-0.15, -0.1) is 0 Å². The topological polar surface area (TPSA) is 70.3 Å². The van der Waals surface area contributed by atoms with Crippen molar-refractivity contribution < 1.29 is 9.47 Å². The lowest BCUT2D eigenvalue weighted by Gasteiger charge is -2.06. The molecule has 2 rings (SSSR count). The average Bonchev–Trinajstić information content (AvgIpc) is 2.34. The van der Waals surface area contributed by atoms with Gasteiger partial charge in [0.05, 0.1) is 7.11 Å². The van der Waals surface area contributed by atoms with E-state index >= 15 is 0 Å². The van der Waals surface area contributed by atoms with E-state index in [0.29, 0.717) is 11.6 Å². The second-order valence-corrected chi connectivity index (χ2v) is 3.50. The van der Waals surface area contributed by atoms with E-state index in [1.807, 2.05) is 13.0 Å². The Labute approximate surface area is 99.2 Å². The van der Waals surface area contributed by atoms with Crippen LogP contribution in [-0.4, -0.2) is 17.1 Å². The number of methoxy groups -OCH3 is 1. The number of benzene rings is 1. The summed E-state index contributed by atoms with van der Waals surface area (Å²) in [4.78, 5) is 8.04. The third-order valence-electron chi connectivity index (χ3n) is 2.27. The van der Waals surface area contributed by atoms with E-state index in [-0.39, 0.29) is 6.01 Å². The Bertz CT molecular complexity index is 529. The van der Waals surface area contributed by atoms with Crippen LogP contribution in [0.4, 0.5) is 5.69 Å². The highest BCUT2D eigenvalue weighted by atomic mass is 16.5. The van der Waals surface area contributed by atoms with E-state index < -0.39 is 0 Å². The number of nitrogens with two attached hydrogens (primary N) is 1.